The first kappa shape index (κ1) is 18.4. The maximum absolute atomic E-state index is 6.21. The second kappa shape index (κ2) is 11.3. The van der Waals surface area contributed by atoms with Crippen molar-refractivity contribution in [2.24, 2.45) is 0 Å². The zero-order chi connectivity index (χ0) is 13.3. The van der Waals surface area contributed by atoms with Gasteiger partial charge in [-0.25, -0.2) is 0 Å². The molecule has 0 nitrogen and oxygen atoms in total. The van der Waals surface area contributed by atoms with E-state index in [1.165, 1.54) is 0 Å². The molecule has 17 heavy (non-hydrogen) atoms. The number of alkyl halides is 5. The van der Waals surface area contributed by atoms with Gasteiger partial charge in [0.2, 0.25) is 0 Å². The fraction of sp³-hybridized carbons (Fsp3) is 1.00. The van der Waals surface area contributed by atoms with Gasteiger partial charge in [0.1, 0.15) is 0 Å². The lowest BCUT2D eigenvalue weighted by atomic mass is 10.1. The van der Waals surface area contributed by atoms with E-state index in [9.17, 15) is 0 Å². The second-order valence-corrected chi connectivity index (χ2v) is 7.17. The number of halogens is 5. The van der Waals surface area contributed by atoms with Crippen LogP contribution in [0.1, 0.15) is 45.4 Å². The quantitative estimate of drug-likeness (QED) is 0.426. The highest BCUT2D eigenvalue weighted by Gasteiger charge is 2.15. The summed E-state index contributed by atoms with van der Waals surface area (Å²) in [6.07, 6.45) is 5.16. The van der Waals surface area contributed by atoms with Crippen LogP contribution in [0.2, 0.25) is 0 Å². The van der Waals surface area contributed by atoms with E-state index in [1.54, 1.807) is 0 Å². The van der Waals surface area contributed by atoms with Gasteiger partial charge in [-0.15, -0.1) is 58.0 Å². The Morgan fingerprint density at radius 2 is 1.12 bits per heavy atom. The summed E-state index contributed by atoms with van der Waals surface area (Å²) in [6, 6.07) is 0. The summed E-state index contributed by atoms with van der Waals surface area (Å²) in [5, 5.41) is 0.432. The van der Waals surface area contributed by atoms with Gasteiger partial charge in [0, 0.05) is 27.4 Å². The molecule has 0 heterocycles. The van der Waals surface area contributed by atoms with Crippen molar-refractivity contribution in [3.05, 3.63) is 0 Å². The highest BCUT2D eigenvalue weighted by Crippen LogP contribution is 2.23. The molecule has 0 aliphatic rings. The lowest BCUT2D eigenvalue weighted by Crippen LogP contribution is -2.13. The predicted octanol–water partition coefficient (Wildman–Crippen LogP) is 6.02. The molecule has 4 unspecified atom stereocenters. The summed E-state index contributed by atoms with van der Waals surface area (Å²) < 4.78 is 0. The Morgan fingerprint density at radius 1 is 0.706 bits per heavy atom. The Balaban J connectivity index is 3.64. The van der Waals surface area contributed by atoms with Crippen LogP contribution in [-0.2, 0) is 0 Å². The van der Waals surface area contributed by atoms with Gasteiger partial charge in [-0.2, -0.15) is 0 Å². The summed E-state index contributed by atoms with van der Waals surface area (Å²) in [4.78, 5) is 0. The smallest absolute Gasteiger partial charge is 0.0361 e. The van der Waals surface area contributed by atoms with E-state index >= 15 is 0 Å². The van der Waals surface area contributed by atoms with Crippen molar-refractivity contribution >= 4 is 58.0 Å². The van der Waals surface area contributed by atoms with Crippen molar-refractivity contribution in [1.29, 1.82) is 0 Å². The predicted molar refractivity (Wildman–Crippen MR) is 82.7 cm³/mol. The van der Waals surface area contributed by atoms with Gasteiger partial charge in [-0.1, -0.05) is 6.92 Å². The van der Waals surface area contributed by atoms with Gasteiger partial charge in [0.05, 0.1) is 0 Å². The van der Waals surface area contributed by atoms with Crippen LogP contribution in [0, 0.1) is 0 Å². The minimum atomic E-state index is 0.0696. The normalized spacial score (nSPS) is 18.7. The van der Waals surface area contributed by atoms with E-state index in [4.69, 9.17) is 58.0 Å². The van der Waals surface area contributed by atoms with E-state index in [0.29, 0.717) is 5.88 Å². The van der Waals surface area contributed by atoms with E-state index in [0.717, 1.165) is 38.5 Å². The third-order valence-corrected chi connectivity index (χ3v) is 4.58. The van der Waals surface area contributed by atoms with Crippen LogP contribution in [0.5, 0.6) is 0 Å². The molecule has 0 N–H and O–H groups in total. The molecule has 0 aromatic heterocycles. The summed E-state index contributed by atoms with van der Waals surface area (Å²) in [5.41, 5.74) is 0. The lowest BCUT2D eigenvalue weighted by Gasteiger charge is -2.16. The maximum Gasteiger partial charge on any atom is 0.0361 e. The molecule has 0 amide bonds. The first-order chi connectivity index (χ1) is 7.99. The van der Waals surface area contributed by atoms with Gasteiger partial charge >= 0.3 is 0 Å². The Hall–Kier alpha value is 1.45. The van der Waals surface area contributed by atoms with Crippen LogP contribution >= 0.6 is 58.0 Å². The third-order valence-electron chi connectivity index (χ3n) is 2.68. The zero-order valence-corrected chi connectivity index (χ0v) is 13.9. The monoisotopic (exact) mass is 340 g/mol. The molecular formula is C12H21Cl5. The molecule has 0 aliphatic carbocycles. The molecule has 0 saturated carbocycles. The summed E-state index contributed by atoms with van der Waals surface area (Å²) >= 11 is 30.1. The van der Waals surface area contributed by atoms with Gasteiger partial charge in [-0.05, 0) is 38.5 Å². The minimum absolute atomic E-state index is 0.0696. The topological polar surface area (TPSA) is 0 Å². The number of rotatable bonds is 10. The molecule has 0 spiro atoms. The highest BCUT2D eigenvalue weighted by molar-refractivity contribution is 6.24. The molecule has 0 bridgehead atoms. The highest BCUT2D eigenvalue weighted by atomic mass is 35.5. The van der Waals surface area contributed by atoms with E-state index < -0.39 is 0 Å². The Labute approximate surface area is 130 Å². The summed E-state index contributed by atoms with van der Waals surface area (Å²) in [6.45, 7) is 2.07. The molecule has 0 aromatic rings. The van der Waals surface area contributed by atoms with Crippen molar-refractivity contribution in [3.63, 3.8) is 0 Å². The molecule has 4 atom stereocenters. The minimum Gasteiger partial charge on any atom is -0.127 e. The Bertz CT molecular complexity index is 176. The average Bonchev–Trinajstić information content (AvgIpc) is 2.26. The molecule has 0 aromatic carbocycles. The first-order valence-corrected chi connectivity index (χ1v) is 8.39. The summed E-state index contributed by atoms with van der Waals surface area (Å²) in [5.74, 6) is 0.584. The Kier molecular flexibility index (Phi) is 12.3. The summed E-state index contributed by atoms with van der Waals surface area (Å²) in [7, 11) is 0. The van der Waals surface area contributed by atoms with E-state index in [-0.39, 0.29) is 21.5 Å². The first-order valence-electron chi connectivity index (χ1n) is 6.11. The van der Waals surface area contributed by atoms with Crippen molar-refractivity contribution < 1.29 is 0 Å². The zero-order valence-electron chi connectivity index (χ0n) is 10.1. The molecule has 104 valence electrons. The van der Waals surface area contributed by atoms with Gasteiger partial charge < -0.3 is 0 Å². The van der Waals surface area contributed by atoms with Crippen LogP contribution in [0.3, 0.4) is 0 Å². The molecule has 5 heteroatoms. The lowest BCUT2D eigenvalue weighted by molar-refractivity contribution is 0.578. The molecule has 0 saturated heterocycles. The molecule has 0 fully saturated rings. The number of hydrogen-bond acceptors (Lipinski definition) is 0. The fourth-order valence-electron chi connectivity index (χ4n) is 1.56. The van der Waals surface area contributed by atoms with Crippen LogP contribution in [0.4, 0.5) is 0 Å². The van der Waals surface area contributed by atoms with E-state index in [2.05, 4.69) is 6.92 Å². The molecular weight excluding hydrogens is 321 g/mol. The van der Waals surface area contributed by atoms with Crippen molar-refractivity contribution in [3.8, 4) is 0 Å². The average molecular weight is 343 g/mol. The van der Waals surface area contributed by atoms with E-state index in [1.807, 2.05) is 0 Å². The van der Waals surface area contributed by atoms with Crippen molar-refractivity contribution in [2.45, 2.75) is 67.0 Å². The van der Waals surface area contributed by atoms with Crippen molar-refractivity contribution in [2.75, 3.05) is 5.88 Å². The molecule has 0 aliphatic heterocycles. The standard InChI is InChI=1S/C12H21Cl5/c1-2-9(14)7-10(15)3-4-11(16)8-12(17)5-6-13/h9-12H,2-8H2,1H3. The third kappa shape index (κ3) is 11.0. The number of hydrogen-bond donors (Lipinski definition) is 0. The van der Waals surface area contributed by atoms with Crippen LogP contribution in [-0.4, -0.2) is 27.4 Å². The van der Waals surface area contributed by atoms with Gasteiger partial charge in [0.25, 0.3) is 0 Å². The van der Waals surface area contributed by atoms with Crippen LogP contribution in [0.15, 0.2) is 0 Å². The Morgan fingerprint density at radius 3 is 1.53 bits per heavy atom. The van der Waals surface area contributed by atoms with Gasteiger partial charge in [-0.3, -0.25) is 0 Å². The van der Waals surface area contributed by atoms with Crippen LogP contribution in [0.25, 0.3) is 0 Å². The van der Waals surface area contributed by atoms with Crippen LogP contribution < -0.4 is 0 Å². The fourth-order valence-corrected chi connectivity index (χ4v) is 3.33. The molecule has 0 radical (unpaired) electrons. The largest absolute Gasteiger partial charge is 0.127 e. The molecule has 0 rings (SSSR count). The van der Waals surface area contributed by atoms with Crippen molar-refractivity contribution in [1.82, 2.24) is 0 Å². The second-order valence-electron chi connectivity index (χ2n) is 4.32. The van der Waals surface area contributed by atoms with Gasteiger partial charge in [0.15, 0.2) is 0 Å². The SMILES string of the molecule is CCC(Cl)CC(Cl)CCC(Cl)CC(Cl)CCCl. The maximum atomic E-state index is 6.21.